The van der Waals surface area contributed by atoms with Crippen molar-refractivity contribution >= 4 is 11.6 Å². The number of rotatable bonds is 0. The van der Waals surface area contributed by atoms with E-state index < -0.39 is 5.92 Å². The highest BCUT2D eigenvalue weighted by Crippen LogP contribution is 2.39. The summed E-state index contributed by atoms with van der Waals surface area (Å²) in [6.07, 6.45) is 1.12. The van der Waals surface area contributed by atoms with Crippen molar-refractivity contribution in [3.63, 3.8) is 0 Å². The Labute approximate surface area is 44.8 Å². The Kier molecular flexibility index (Phi) is 0.854. The molecule has 1 aliphatic rings. The highest BCUT2D eigenvalue weighted by Gasteiger charge is 2.38. The molecule has 0 saturated heterocycles. The summed E-state index contributed by atoms with van der Waals surface area (Å²) in [5.41, 5.74) is 0. The summed E-state index contributed by atoms with van der Waals surface area (Å²) in [5, 5.41) is -0.312. The summed E-state index contributed by atoms with van der Waals surface area (Å²) < 4.78 is 23.5. The molecule has 7 heavy (non-hydrogen) atoms. The van der Waals surface area contributed by atoms with Crippen LogP contribution >= 0.6 is 11.6 Å². The van der Waals surface area contributed by atoms with Crippen molar-refractivity contribution in [3.05, 3.63) is 11.1 Å². The van der Waals surface area contributed by atoms with Crippen LogP contribution in [0.4, 0.5) is 8.78 Å². The molecule has 0 aromatic heterocycles. The fourth-order valence-corrected chi connectivity index (χ4v) is 0.488. The molecular formula is C4H3ClF2. The lowest BCUT2D eigenvalue weighted by Crippen LogP contribution is -2.22. The Morgan fingerprint density at radius 2 is 2.14 bits per heavy atom. The molecule has 0 saturated carbocycles. The lowest BCUT2D eigenvalue weighted by molar-refractivity contribution is 0.0343. The number of allylic oxidation sites excluding steroid dienone is 2. The van der Waals surface area contributed by atoms with Gasteiger partial charge in [0.25, 0.3) is 5.92 Å². The van der Waals surface area contributed by atoms with Crippen molar-refractivity contribution in [2.75, 3.05) is 0 Å². The molecular weight excluding hydrogens is 121 g/mol. The zero-order valence-corrected chi connectivity index (χ0v) is 4.17. The van der Waals surface area contributed by atoms with E-state index in [4.69, 9.17) is 11.6 Å². The topological polar surface area (TPSA) is 0 Å². The largest absolute Gasteiger partial charge is 0.286 e. The summed E-state index contributed by atoms with van der Waals surface area (Å²) >= 11 is 4.95. The molecule has 40 valence electrons. The summed E-state index contributed by atoms with van der Waals surface area (Å²) in [6, 6.07) is 0. The number of alkyl halides is 2. The monoisotopic (exact) mass is 124 g/mol. The number of hydrogen-bond acceptors (Lipinski definition) is 0. The first-order valence-electron chi connectivity index (χ1n) is 1.87. The van der Waals surface area contributed by atoms with Crippen LogP contribution in [0.2, 0.25) is 0 Å². The van der Waals surface area contributed by atoms with Crippen molar-refractivity contribution in [3.8, 4) is 0 Å². The van der Waals surface area contributed by atoms with E-state index >= 15 is 0 Å². The van der Waals surface area contributed by atoms with Crippen molar-refractivity contribution in [2.45, 2.75) is 12.3 Å². The van der Waals surface area contributed by atoms with Crippen LogP contribution in [0.5, 0.6) is 0 Å². The van der Waals surface area contributed by atoms with Crippen LogP contribution in [-0.2, 0) is 0 Å². The molecule has 0 bridgehead atoms. The first-order chi connectivity index (χ1) is 3.13. The van der Waals surface area contributed by atoms with Gasteiger partial charge in [0.2, 0.25) is 0 Å². The highest BCUT2D eigenvalue weighted by atomic mass is 35.5. The van der Waals surface area contributed by atoms with Gasteiger partial charge in [-0.05, 0) is 0 Å². The molecule has 0 spiro atoms. The lowest BCUT2D eigenvalue weighted by Gasteiger charge is -2.20. The Balaban J connectivity index is 2.68. The van der Waals surface area contributed by atoms with Gasteiger partial charge in [0.05, 0.1) is 5.03 Å². The van der Waals surface area contributed by atoms with Gasteiger partial charge in [0.15, 0.2) is 0 Å². The van der Waals surface area contributed by atoms with Gasteiger partial charge in [-0.25, -0.2) is 8.78 Å². The van der Waals surface area contributed by atoms with Gasteiger partial charge < -0.3 is 0 Å². The molecule has 0 fully saturated rings. The first kappa shape index (κ1) is 5.04. The SMILES string of the molecule is FC1(F)CC=C1Cl. The maximum Gasteiger partial charge on any atom is 0.286 e. The van der Waals surface area contributed by atoms with E-state index in [1.807, 2.05) is 0 Å². The van der Waals surface area contributed by atoms with Gasteiger partial charge in [-0.2, -0.15) is 0 Å². The van der Waals surface area contributed by atoms with E-state index in [0.29, 0.717) is 0 Å². The quantitative estimate of drug-likeness (QED) is 0.464. The van der Waals surface area contributed by atoms with Crippen LogP contribution < -0.4 is 0 Å². The maximum atomic E-state index is 11.7. The second kappa shape index (κ2) is 1.19. The third-order valence-corrected chi connectivity index (χ3v) is 1.32. The molecule has 0 heterocycles. The van der Waals surface area contributed by atoms with E-state index in [-0.39, 0.29) is 11.5 Å². The molecule has 0 unspecified atom stereocenters. The summed E-state index contributed by atoms with van der Waals surface area (Å²) in [4.78, 5) is 0. The molecule has 0 aromatic carbocycles. The van der Waals surface area contributed by atoms with Crippen LogP contribution in [0.1, 0.15) is 6.42 Å². The van der Waals surface area contributed by atoms with Gasteiger partial charge in [-0.15, -0.1) is 0 Å². The average molecular weight is 125 g/mol. The van der Waals surface area contributed by atoms with Crippen molar-refractivity contribution < 1.29 is 8.78 Å². The first-order valence-corrected chi connectivity index (χ1v) is 2.25. The molecule has 3 heteroatoms. The second-order valence-corrected chi connectivity index (χ2v) is 1.87. The van der Waals surface area contributed by atoms with Crippen LogP contribution in [0.15, 0.2) is 11.1 Å². The second-order valence-electron chi connectivity index (χ2n) is 1.46. The van der Waals surface area contributed by atoms with Crippen LogP contribution in [0.3, 0.4) is 0 Å². The van der Waals surface area contributed by atoms with Gasteiger partial charge in [-0.1, -0.05) is 17.7 Å². The van der Waals surface area contributed by atoms with E-state index in [9.17, 15) is 8.78 Å². The summed E-state index contributed by atoms with van der Waals surface area (Å²) in [6.45, 7) is 0. The zero-order valence-electron chi connectivity index (χ0n) is 3.42. The number of halogens is 3. The van der Waals surface area contributed by atoms with Crippen molar-refractivity contribution in [1.82, 2.24) is 0 Å². The minimum Gasteiger partial charge on any atom is -0.200 e. The Morgan fingerprint density at radius 1 is 1.71 bits per heavy atom. The smallest absolute Gasteiger partial charge is 0.200 e. The van der Waals surface area contributed by atoms with E-state index in [0.717, 1.165) is 0 Å². The van der Waals surface area contributed by atoms with Gasteiger partial charge in [0.1, 0.15) is 0 Å². The van der Waals surface area contributed by atoms with Gasteiger partial charge in [0, 0.05) is 6.42 Å². The normalized spacial score (nSPS) is 25.9. The van der Waals surface area contributed by atoms with Crippen LogP contribution in [0.25, 0.3) is 0 Å². The van der Waals surface area contributed by atoms with E-state index in [2.05, 4.69) is 0 Å². The van der Waals surface area contributed by atoms with Gasteiger partial charge in [-0.3, -0.25) is 0 Å². The van der Waals surface area contributed by atoms with E-state index in [1.54, 1.807) is 0 Å². The van der Waals surface area contributed by atoms with Crippen LogP contribution in [-0.4, -0.2) is 5.92 Å². The minimum absolute atomic E-state index is 0.189. The maximum absolute atomic E-state index is 11.7. The molecule has 0 atom stereocenters. The highest BCUT2D eigenvalue weighted by molar-refractivity contribution is 6.31. The van der Waals surface area contributed by atoms with Crippen molar-refractivity contribution in [2.24, 2.45) is 0 Å². The standard InChI is InChI=1S/C4H3ClF2/c5-3-1-2-4(3,6)7/h1H,2H2. The average Bonchev–Trinajstić information content (AvgIpc) is 1.63. The van der Waals surface area contributed by atoms with Crippen LogP contribution in [0, 0.1) is 0 Å². The minimum atomic E-state index is -2.69. The fraction of sp³-hybridized carbons (Fsp3) is 0.500. The van der Waals surface area contributed by atoms with Crippen molar-refractivity contribution in [1.29, 1.82) is 0 Å². The molecule has 1 rings (SSSR count). The Bertz CT molecular complexity index is 117. The molecule has 0 radical (unpaired) electrons. The zero-order chi connectivity index (χ0) is 5.49. The fourth-order valence-electron chi connectivity index (χ4n) is 0.334. The van der Waals surface area contributed by atoms with Gasteiger partial charge >= 0.3 is 0 Å². The summed E-state index contributed by atoms with van der Waals surface area (Å²) in [5.74, 6) is -2.69. The van der Waals surface area contributed by atoms with E-state index in [1.165, 1.54) is 6.08 Å². The predicted octanol–water partition coefficient (Wildman–Crippen LogP) is 2.15. The Hall–Kier alpha value is -0.110. The molecule has 0 aromatic rings. The Morgan fingerprint density at radius 3 is 2.14 bits per heavy atom. The lowest BCUT2D eigenvalue weighted by atomic mass is 10.1. The molecule has 0 amide bonds. The third kappa shape index (κ3) is 0.630. The molecule has 0 nitrogen and oxygen atoms in total. The molecule has 0 N–H and O–H groups in total. The predicted molar refractivity (Wildman–Crippen MR) is 23.5 cm³/mol. The molecule has 1 aliphatic carbocycles. The molecule has 0 aliphatic heterocycles. The number of hydrogen-bond donors (Lipinski definition) is 0. The third-order valence-electron chi connectivity index (χ3n) is 0.887. The summed E-state index contributed by atoms with van der Waals surface area (Å²) in [7, 11) is 0.